The molecule has 2 aromatic carbocycles. The number of nitrogens with zero attached hydrogens (tertiary/aromatic N) is 2. The van der Waals surface area contributed by atoms with E-state index in [1.54, 1.807) is 0 Å². The molecule has 3 rings (SSSR count). The minimum absolute atomic E-state index is 0.175. The molecule has 1 heterocycles. The van der Waals surface area contributed by atoms with Crippen molar-refractivity contribution in [3.63, 3.8) is 0 Å². The molecule has 0 spiro atoms. The fraction of sp³-hybridized carbons (Fsp3) is 0.238. The average Bonchev–Trinajstić information content (AvgIpc) is 2.97. The van der Waals surface area contributed by atoms with Crippen molar-refractivity contribution in [2.45, 2.75) is 12.8 Å². The summed E-state index contributed by atoms with van der Waals surface area (Å²) in [6.07, 6.45) is 1.12. The fourth-order valence-corrected chi connectivity index (χ4v) is 3.17. The second kappa shape index (κ2) is 8.94. The van der Waals surface area contributed by atoms with Crippen LogP contribution in [-0.2, 0) is 27.2 Å². The summed E-state index contributed by atoms with van der Waals surface area (Å²) in [5, 5.41) is 6.14. The minimum Gasteiger partial charge on any atom is -0.355 e. The predicted molar refractivity (Wildman–Crippen MR) is 105 cm³/mol. The maximum atomic E-state index is 12.7. The molecule has 2 aromatic rings. The lowest BCUT2D eigenvalue weighted by molar-refractivity contribution is -0.140. The number of hydrogen-bond donors (Lipinski definition) is 2. The Kier molecular flexibility index (Phi) is 6.16. The van der Waals surface area contributed by atoms with Gasteiger partial charge in [0.15, 0.2) is 5.92 Å². The van der Waals surface area contributed by atoms with Crippen molar-refractivity contribution in [1.29, 1.82) is 0 Å². The van der Waals surface area contributed by atoms with Gasteiger partial charge in [0.1, 0.15) is 5.71 Å². The van der Waals surface area contributed by atoms with Gasteiger partial charge in [-0.1, -0.05) is 60.7 Å². The zero-order chi connectivity index (χ0) is 19.9. The molecule has 3 N–H and O–H groups in total. The van der Waals surface area contributed by atoms with Crippen molar-refractivity contribution in [1.82, 2.24) is 10.2 Å². The lowest BCUT2D eigenvalue weighted by atomic mass is 10.0. The van der Waals surface area contributed by atoms with E-state index >= 15 is 0 Å². The molecule has 7 heteroatoms. The van der Waals surface area contributed by atoms with Crippen LogP contribution in [0.15, 0.2) is 65.8 Å². The maximum absolute atomic E-state index is 12.7. The van der Waals surface area contributed by atoms with Crippen LogP contribution in [0, 0.1) is 5.92 Å². The molecule has 0 saturated carbocycles. The molecule has 0 radical (unpaired) electrons. The number of imide groups is 1. The quantitative estimate of drug-likeness (QED) is 0.323. The SMILES string of the molecule is N/N=C1/C(=O)N(CCc2ccccc2)C(=O)C1C(=O)NCCc1ccccc1. The number of likely N-dealkylation sites (tertiary alicyclic amines) is 1. The monoisotopic (exact) mass is 378 g/mol. The maximum Gasteiger partial charge on any atom is 0.278 e. The van der Waals surface area contributed by atoms with Gasteiger partial charge in [-0.3, -0.25) is 19.3 Å². The molecule has 1 aliphatic rings. The molecular weight excluding hydrogens is 356 g/mol. The van der Waals surface area contributed by atoms with E-state index < -0.39 is 23.6 Å². The molecule has 1 fully saturated rings. The number of carbonyl (C=O) groups excluding carboxylic acids is 3. The molecule has 28 heavy (non-hydrogen) atoms. The van der Waals surface area contributed by atoms with Crippen LogP contribution in [0.4, 0.5) is 0 Å². The van der Waals surface area contributed by atoms with Gasteiger partial charge in [0.25, 0.3) is 5.91 Å². The van der Waals surface area contributed by atoms with Gasteiger partial charge in [0.2, 0.25) is 11.8 Å². The Balaban J connectivity index is 1.62. The highest BCUT2D eigenvalue weighted by atomic mass is 16.2. The van der Waals surface area contributed by atoms with Crippen molar-refractivity contribution in [2.75, 3.05) is 13.1 Å². The van der Waals surface area contributed by atoms with E-state index in [-0.39, 0.29) is 12.3 Å². The number of nitrogens with two attached hydrogens (primary N) is 1. The van der Waals surface area contributed by atoms with Gasteiger partial charge < -0.3 is 11.2 Å². The predicted octanol–water partition coefficient (Wildman–Crippen LogP) is 0.888. The zero-order valence-corrected chi connectivity index (χ0v) is 15.4. The first-order valence-electron chi connectivity index (χ1n) is 9.11. The van der Waals surface area contributed by atoms with Crippen LogP contribution in [-0.4, -0.2) is 41.4 Å². The van der Waals surface area contributed by atoms with Crippen LogP contribution in [0.3, 0.4) is 0 Å². The van der Waals surface area contributed by atoms with Gasteiger partial charge in [-0.15, -0.1) is 0 Å². The molecule has 0 aromatic heterocycles. The lowest BCUT2D eigenvalue weighted by Gasteiger charge is -2.14. The molecule has 1 saturated heterocycles. The second-order valence-corrected chi connectivity index (χ2v) is 6.50. The van der Waals surface area contributed by atoms with Crippen molar-refractivity contribution in [2.24, 2.45) is 16.9 Å². The summed E-state index contributed by atoms with van der Waals surface area (Å²) >= 11 is 0. The van der Waals surface area contributed by atoms with Crippen LogP contribution in [0.5, 0.6) is 0 Å². The van der Waals surface area contributed by atoms with Gasteiger partial charge in [-0.2, -0.15) is 5.10 Å². The van der Waals surface area contributed by atoms with Crippen molar-refractivity contribution in [3.8, 4) is 0 Å². The first kappa shape index (κ1) is 19.3. The van der Waals surface area contributed by atoms with Gasteiger partial charge in [0.05, 0.1) is 0 Å². The zero-order valence-electron chi connectivity index (χ0n) is 15.4. The number of carbonyl (C=O) groups is 3. The molecule has 1 atom stereocenters. The number of amides is 3. The molecule has 0 aliphatic carbocycles. The summed E-state index contributed by atoms with van der Waals surface area (Å²) in [6.45, 7) is 0.525. The van der Waals surface area contributed by atoms with E-state index in [1.807, 2.05) is 60.7 Å². The van der Waals surface area contributed by atoms with E-state index in [9.17, 15) is 14.4 Å². The number of hydrogen-bond acceptors (Lipinski definition) is 5. The Labute approximate surface area is 163 Å². The number of benzene rings is 2. The van der Waals surface area contributed by atoms with Crippen LogP contribution < -0.4 is 11.2 Å². The topological polar surface area (TPSA) is 105 Å². The Morgan fingerprint density at radius 3 is 2.11 bits per heavy atom. The van der Waals surface area contributed by atoms with Crippen molar-refractivity contribution < 1.29 is 14.4 Å². The Morgan fingerprint density at radius 2 is 1.54 bits per heavy atom. The highest BCUT2D eigenvalue weighted by molar-refractivity contribution is 6.54. The summed E-state index contributed by atoms with van der Waals surface area (Å²) in [5.74, 6) is 2.28. The summed E-state index contributed by atoms with van der Waals surface area (Å²) in [5.41, 5.74) is 1.84. The van der Waals surface area contributed by atoms with E-state index in [2.05, 4.69) is 10.4 Å². The van der Waals surface area contributed by atoms with Crippen molar-refractivity contribution in [3.05, 3.63) is 71.8 Å². The molecule has 1 aliphatic heterocycles. The third-order valence-electron chi connectivity index (χ3n) is 4.67. The Hall–Kier alpha value is -3.48. The Bertz CT molecular complexity index is 881. The normalized spacial score (nSPS) is 17.9. The minimum atomic E-state index is -1.29. The van der Waals surface area contributed by atoms with Crippen LogP contribution in [0.25, 0.3) is 0 Å². The van der Waals surface area contributed by atoms with Crippen LogP contribution in [0.2, 0.25) is 0 Å². The number of nitrogens with one attached hydrogen (secondary N) is 1. The van der Waals surface area contributed by atoms with Gasteiger partial charge in [-0.25, -0.2) is 0 Å². The van der Waals surface area contributed by atoms with Gasteiger partial charge >= 0.3 is 0 Å². The molecule has 144 valence electrons. The molecule has 0 bridgehead atoms. The van der Waals surface area contributed by atoms with Gasteiger partial charge in [0, 0.05) is 13.1 Å². The Morgan fingerprint density at radius 1 is 0.964 bits per heavy atom. The van der Waals surface area contributed by atoms with Crippen LogP contribution in [0.1, 0.15) is 11.1 Å². The number of rotatable bonds is 7. The molecular formula is C21H22N4O3. The third-order valence-corrected chi connectivity index (χ3v) is 4.67. The first-order chi connectivity index (χ1) is 13.6. The highest BCUT2D eigenvalue weighted by Crippen LogP contribution is 2.18. The molecule has 3 amide bonds. The largest absolute Gasteiger partial charge is 0.355 e. The summed E-state index contributed by atoms with van der Waals surface area (Å²) < 4.78 is 0. The molecule has 1 unspecified atom stereocenters. The summed E-state index contributed by atoms with van der Waals surface area (Å²) in [7, 11) is 0. The van der Waals surface area contributed by atoms with E-state index in [1.165, 1.54) is 0 Å². The summed E-state index contributed by atoms with van der Waals surface area (Å²) in [4.78, 5) is 38.8. The standard InChI is InChI=1S/C21H22N4O3/c22-24-18-17(19(26)23-13-11-15-7-3-1-4-8-15)20(27)25(21(18)28)14-12-16-9-5-2-6-10-16/h1-10,17H,11-14,22H2,(H,23,26)/b24-18+. The van der Waals surface area contributed by atoms with E-state index in [0.717, 1.165) is 16.0 Å². The second-order valence-electron chi connectivity index (χ2n) is 6.50. The third kappa shape index (κ3) is 4.25. The highest BCUT2D eigenvalue weighted by Gasteiger charge is 2.48. The smallest absolute Gasteiger partial charge is 0.278 e. The van der Waals surface area contributed by atoms with E-state index in [4.69, 9.17) is 5.84 Å². The lowest BCUT2D eigenvalue weighted by Crippen LogP contribution is -2.40. The first-order valence-corrected chi connectivity index (χ1v) is 9.11. The number of hydrazone groups is 1. The molecule has 7 nitrogen and oxygen atoms in total. The average molecular weight is 378 g/mol. The van der Waals surface area contributed by atoms with E-state index in [0.29, 0.717) is 19.4 Å². The van der Waals surface area contributed by atoms with Gasteiger partial charge in [-0.05, 0) is 24.0 Å². The van der Waals surface area contributed by atoms with Crippen molar-refractivity contribution >= 4 is 23.4 Å². The van der Waals surface area contributed by atoms with Crippen LogP contribution >= 0.6 is 0 Å². The summed E-state index contributed by atoms with van der Waals surface area (Å²) in [6, 6.07) is 19.2. The fourth-order valence-electron chi connectivity index (χ4n) is 3.17.